The Balaban J connectivity index is 2.00. The van der Waals surface area contributed by atoms with Crippen LogP contribution in [0.1, 0.15) is 18.5 Å². The maximum absolute atomic E-state index is 13.1. The maximum atomic E-state index is 13.1. The molecule has 0 radical (unpaired) electrons. The van der Waals surface area contributed by atoms with Gasteiger partial charge in [-0.05, 0) is 25.1 Å². The van der Waals surface area contributed by atoms with Crippen LogP contribution in [-0.4, -0.2) is 26.2 Å². The largest absolute Gasteiger partial charge is 0.496 e. The first-order chi connectivity index (χ1) is 13.0. The lowest BCUT2D eigenvalue weighted by Crippen LogP contribution is -2.46. The number of urea groups is 1. The zero-order valence-corrected chi connectivity index (χ0v) is 15.3. The Morgan fingerprint density at radius 1 is 1.00 bits per heavy atom. The van der Waals surface area contributed by atoms with E-state index in [1.165, 1.54) is 7.11 Å². The fourth-order valence-corrected chi connectivity index (χ4v) is 3.07. The van der Waals surface area contributed by atoms with Crippen LogP contribution in [0, 0.1) is 0 Å². The minimum Gasteiger partial charge on any atom is -0.496 e. The smallest absolute Gasteiger partial charge is 0.319 e. The van der Waals surface area contributed by atoms with E-state index in [4.69, 9.17) is 9.47 Å². The van der Waals surface area contributed by atoms with Crippen molar-refractivity contribution in [2.24, 2.45) is 0 Å². The number of rotatable bonds is 5. The molecule has 1 atom stereocenters. The van der Waals surface area contributed by atoms with Crippen LogP contribution in [0.15, 0.2) is 59.8 Å². The standard InChI is InChI=1S/C20H21N3O4/c1-12-17(19(24)22-14-9-5-7-11-16(14)27-3)18(23-20(25)21-12)13-8-4-6-10-15(13)26-2/h4-11,18H,1-3H3,(H,22,24)(H2,21,23,25)/t18-/m0/s1. The zero-order valence-electron chi connectivity index (χ0n) is 15.3. The van der Waals surface area contributed by atoms with Crippen LogP contribution in [0.3, 0.4) is 0 Å². The summed E-state index contributed by atoms with van der Waals surface area (Å²) in [5.41, 5.74) is 2.10. The van der Waals surface area contributed by atoms with Gasteiger partial charge in [-0.2, -0.15) is 0 Å². The van der Waals surface area contributed by atoms with Gasteiger partial charge in [-0.15, -0.1) is 0 Å². The lowest BCUT2D eigenvalue weighted by atomic mass is 9.94. The summed E-state index contributed by atoms with van der Waals surface area (Å²) in [6.45, 7) is 1.69. The Bertz CT molecular complexity index is 908. The number of para-hydroxylation sites is 3. The lowest BCUT2D eigenvalue weighted by Gasteiger charge is -2.29. The Kier molecular flexibility index (Phi) is 5.30. The topological polar surface area (TPSA) is 88.7 Å². The molecule has 2 aromatic rings. The van der Waals surface area contributed by atoms with Crippen molar-refractivity contribution in [1.82, 2.24) is 10.6 Å². The number of carbonyl (C=O) groups excluding carboxylic acids is 2. The molecule has 27 heavy (non-hydrogen) atoms. The molecule has 0 spiro atoms. The first-order valence-corrected chi connectivity index (χ1v) is 8.40. The normalized spacial score (nSPS) is 16.3. The molecule has 1 aliphatic heterocycles. The summed E-state index contributed by atoms with van der Waals surface area (Å²) in [6, 6.07) is 13.4. The van der Waals surface area contributed by atoms with Gasteiger partial charge in [0, 0.05) is 11.3 Å². The highest BCUT2D eigenvalue weighted by atomic mass is 16.5. The highest BCUT2D eigenvalue weighted by Crippen LogP contribution is 2.34. The summed E-state index contributed by atoms with van der Waals surface area (Å²) < 4.78 is 10.7. The van der Waals surface area contributed by atoms with Crippen LogP contribution in [-0.2, 0) is 4.79 Å². The van der Waals surface area contributed by atoms with Gasteiger partial charge in [-0.1, -0.05) is 30.3 Å². The number of allylic oxidation sites excluding steroid dienone is 1. The van der Waals surface area contributed by atoms with Gasteiger partial charge < -0.3 is 25.4 Å². The Morgan fingerprint density at radius 2 is 1.63 bits per heavy atom. The van der Waals surface area contributed by atoms with Crippen LogP contribution < -0.4 is 25.4 Å². The van der Waals surface area contributed by atoms with E-state index in [0.29, 0.717) is 34.0 Å². The molecule has 140 valence electrons. The average molecular weight is 367 g/mol. The predicted octanol–water partition coefficient (Wildman–Crippen LogP) is 2.97. The van der Waals surface area contributed by atoms with Crippen molar-refractivity contribution < 1.29 is 19.1 Å². The summed E-state index contributed by atoms with van der Waals surface area (Å²) in [7, 11) is 3.09. The van der Waals surface area contributed by atoms with E-state index >= 15 is 0 Å². The van der Waals surface area contributed by atoms with E-state index in [2.05, 4.69) is 16.0 Å². The monoisotopic (exact) mass is 367 g/mol. The molecule has 1 aliphatic rings. The molecule has 3 amide bonds. The van der Waals surface area contributed by atoms with Gasteiger partial charge in [0.1, 0.15) is 11.5 Å². The van der Waals surface area contributed by atoms with Crippen LogP contribution in [0.2, 0.25) is 0 Å². The number of hydrogen-bond donors (Lipinski definition) is 3. The highest BCUT2D eigenvalue weighted by Gasteiger charge is 2.33. The van der Waals surface area contributed by atoms with E-state index in [-0.39, 0.29) is 11.9 Å². The number of anilines is 1. The molecule has 0 aromatic heterocycles. The first-order valence-electron chi connectivity index (χ1n) is 8.40. The van der Waals surface area contributed by atoms with Crippen molar-refractivity contribution >= 4 is 17.6 Å². The fourth-order valence-electron chi connectivity index (χ4n) is 3.07. The molecule has 0 saturated heterocycles. The maximum Gasteiger partial charge on any atom is 0.319 e. The second kappa shape index (κ2) is 7.82. The Hall–Kier alpha value is -3.48. The van der Waals surface area contributed by atoms with E-state index in [1.807, 2.05) is 24.3 Å². The fraction of sp³-hybridized carbons (Fsp3) is 0.200. The van der Waals surface area contributed by atoms with Crippen LogP contribution in [0.5, 0.6) is 11.5 Å². The second-order valence-corrected chi connectivity index (χ2v) is 5.97. The number of benzene rings is 2. The Morgan fingerprint density at radius 3 is 2.33 bits per heavy atom. The van der Waals surface area contributed by atoms with Gasteiger partial charge in [-0.25, -0.2) is 4.79 Å². The van der Waals surface area contributed by atoms with E-state index in [9.17, 15) is 9.59 Å². The Labute approximate surface area is 157 Å². The number of hydrogen-bond acceptors (Lipinski definition) is 4. The molecule has 1 heterocycles. The van der Waals surface area contributed by atoms with Gasteiger partial charge in [0.05, 0.1) is 31.5 Å². The molecule has 0 saturated carbocycles. The molecule has 3 N–H and O–H groups in total. The zero-order chi connectivity index (χ0) is 19.4. The minimum atomic E-state index is -0.649. The SMILES string of the molecule is COc1ccccc1NC(=O)C1=C(C)NC(=O)N[C@H]1c1ccccc1OC. The summed E-state index contributed by atoms with van der Waals surface area (Å²) >= 11 is 0. The van der Waals surface area contributed by atoms with Gasteiger partial charge in [0.25, 0.3) is 5.91 Å². The number of amides is 3. The van der Waals surface area contributed by atoms with Crippen LogP contribution in [0.25, 0.3) is 0 Å². The third-order valence-corrected chi connectivity index (χ3v) is 4.32. The van der Waals surface area contributed by atoms with Gasteiger partial charge in [-0.3, -0.25) is 4.79 Å². The molecule has 2 aromatic carbocycles. The summed E-state index contributed by atoms with van der Waals surface area (Å²) in [6.07, 6.45) is 0. The van der Waals surface area contributed by atoms with Crippen molar-refractivity contribution in [1.29, 1.82) is 0 Å². The lowest BCUT2D eigenvalue weighted by molar-refractivity contribution is -0.113. The van der Waals surface area contributed by atoms with Crippen LogP contribution >= 0.6 is 0 Å². The number of nitrogens with one attached hydrogen (secondary N) is 3. The molecule has 0 fully saturated rings. The number of methoxy groups -OCH3 is 2. The van der Waals surface area contributed by atoms with Gasteiger partial charge in [0.15, 0.2) is 0 Å². The molecular weight excluding hydrogens is 346 g/mol. The molecule has 0 unspecified atom stereocenters. The highest BCUT2D eigenvalue weighted by molar-refractivity contribution is 6.07. The number of ether oxygens (including phenoxy) is 2. The molecular formula is C20H21N3O4. The first kappa shape index (κ1) is 18.3. The number of carbonyl (C=O) groups is 2. The van der Waals surface area contributed by atoms with Crippen molar-refractivity contribution in [3.63, 3.8) is 0 Å². The molecule has 3 rings (SSSR count). The second-order valence-electron chi connectivity index (χ2n) is 5.97. The third kappa shape index (κ3) is 3.72. The molecule has 0 aliphatic carbocycles. The van der Waals surface area contributed by atoms with Crippen LogP contribution in [0.4, 0.5) is 10.5 Å². The molecule has 0 bridgehead atoms. The minimum absolute atomic E-state index is 0.347. The van der Waals surface area contributed by atoms with Crippen molar-refractivity contribution in [2.75, 3.05) is 19.5 Å². The summed E-state index contributed by atoms with van der Waals surface area (Å²) in [5, 5.41) is 8.32. The van der Waals surface area contributed by atoms with Crippen molar-refractivity contribution in [3.8, 4) is 11.5 Å². The van der Waals surface area contributed by atoms with Crippen molar-refractivity contribution in [3.05, 3.63) is 65.4 Å². The summed E-state index contributed by atoms with van der Waals surface area (Å²) in [4.78, 5) is 25.1. The quantitative estimate of drug-likeness (QED) is 0.758. The third-order valence-electron chi connectivity index (χ3n) is 4.32. The predicted molar refractivity (Wildman–Crippen MR) is 102 cm³/mol. The molecule has 7 heteroatoms. The van der Waals surface area contributed by atoms with Gasteiger partial charge >= 0.3 is 6.03 Å². The van der Waals surface area contributed by atoms with E-state index in [0.717, 1.165) is 0 Å². The van der Waals surface area contributed by atoms with Gasteiger partial charge in [0.2, 0.25) is 0 Å². The van der Waals surface area contributed by atoms with Crippen molar-refractivity contribution in [2.45, 2.75) is 13.0 Å². The van der Waals surface area contributed by atoms with E-state index in [1.54, 1.807) is 38.3 Å². The average Bonchev–Trinajstić information content (AvgIpc) is 2.67. The van der Waals surface area contributed by atoms with E-state index < -0.39 is 6.04 Å². The molecule has 7 nitrogen and oxygen atoms in total. The summed E-state index contributed by atoms with van der Waals surface area (Å²) in [5.74, 6) is 0.784.